The van der Waals surface area contributed by atoms with E-state index >= 15 is 0 Å². The summed E-state index contributed by atoms with van der Waals surface area (Å²) in [5.41, 5.74) is 0.242. The van der Waals surface area contributed by atoms with E-state index in [9.17, 15) is 4.79 Å². The van der Waals surface area contributed by atoms with Crippen LogP contribution in [0.3, 0.4) is 0 Å². The van der Waals surface area contributed by atoms with Crippen LogP contribution in [0.5, 0.6) is 0 Å². The third-order valence-electron chi connectivity index (χ3n) is 3.99. The van der Waals surface area contributed by atoms with Crippen LogP contribution in [-0.2, 0) is 0 Å². The molecule has 0 N–H and O–H groups in total. The first-order valence-electron chi connectivity index (χ1n) is 7.54. The fourth-order valence-electron chi connectivity index (χ4n) is 2.81. The molecule has 0 aliphatic rings. The first kappa shape index (κ1) is 17.5. The summed E-state index contributed by atoms with van der Waals surface area (Å²) >= 11 is 0. The third kappa shape index (κ3) is 3.97. The number of amides is 2. The standard InChI is InChI=1S/C17H28N2OSi/c1-7-14-19(17(20)18(3)4)16(8-2)21(5,6)15-12-10-9-11-13-15/h7,9-14,16H,8H2,1-6H3/b14-7+. The minimum absolute atomic E-state index is 0.0523. The van der Waals surface area contributed by atoms with E-state index in [2.05, 4.69) is 44.3 Å². The molecular weight excluding hydrogens is 276 g/mol. The maximum atomic E-state index is 12.5. The molecule has 0 bridgehead atoms. The molecule has 0 radical (unpaired) electrons. The molecular formula is C17H28N2OSi. The van der Waals surface area contributed by atoms with Gasteiger partial charge in [0.25, 0.3) is 0 Å². The lowest BCUT2D eigenvalue weighted by molar-refractivity contribution is 0.182. The summed E-state index contributed by atoms with van der Waals surface area (Å²) in [4.78, 5) is 16.1. The van der Waals surface area contributed by atoms with E-state index in [1.165, 1.54) is 5.19 Å². The van der Waals surface area contributed by atoms with Crippen molar-refractivity contribution in [3.05, 3.63) is 42.6 Å². The Morgan fingerprint density at radius 3 is 2.24 bits per heavy atom. The quantitative estimate of drug-likeness (QED) is 0.764. The highest BCUT2D eigenvalue weighted by Gasteiger charge is 2.38. The van der Waals surface area contributed by atoms with Crippen LogP contribution in [0.1, 0.15) is 20.3 Å². The van der Waals surface area contributed by atoms with E-state index < -0.39 is 8.07 Å². The van der Waals surface area contributed by atoms with Crippen LogP contribution in [0.25, 0.3) is 0 Å². The summed E-state index contributed by atoms with van der Waals surface area (Å²) in [6.45, 7) is 8.81. The molecule has 0 heterocycles. The number of hydrogen-bond acceptors (Lipinski definition) is 1. The van der Waals surface area contributed by atoms with E-state index in [0.717, 1.165) is 6.42 Å². The molecule has 4 heteroatoms. The van der Waals surface area contributed by atoms with Gasteiger partial charge in [-0.2, -0.15) is 0 Å². The molecule has 1 atom stereocenters. The highest BCUT2D eigenvalue weighted by molar-refractivity contribution is 6.91. The number of nitrogens with zero attached hydrogens (tertiary/aromatic N) is 2. The van der Waals surface area contributed by atoms with Gasteiger partial charge in [0.2, 0.25) is 0 Å². The molecule has 0 aliphatic carbocycles. The van der Waals surface area contributed by atoms with Gasteiger partial charge in [-0.25, -0.2) is 4.79 Å². The Morgan fingerprint density at radius 2 is 1.81 bits per heavy atom. The smallest absolute Gasteiger partial charge is 0.323 e. The number of allylic oxidation sites excluding steroid dienone is 1. The lowest BCUT2D eigenvalue weighted by atomic mass is 10.4. The van der Waals surface area contributed by atoms with Gasteiger partial charge in [0.05, 0.1) is 0 Å². The highest BCUT2D eigenvalue weighted by atomic mass is 28.3. The average molecular weight is 305 g/mol. The average Bonchev–Trinajstić information content (AvgIpc) is 2.47. The normalized spacial score (nSPS) is 13.2. The summed E-state index contributed by atoms with van der Waals surface area (Å²) in [5.74, 6) is 0. The molecule has 2 amide bonds. The van der Waals surface area contributed by atoms with Crippen molar-refractivity contribution in [2.24, 2.45) is 0 Å². The van der Waals surface area contributed by atoms with Crippen LogP contribution < -0.4 is 5.19 Å². The highest BCUT2D eigenvalue weighted by Crippen LogP contribution is 2.20. The second kappa shape index (κ2) is 7.45. The first-order chi connectivity index (χ1) is 9.86. The SMILES string of the molecule is C/C=C/N(C(=O)N(C)C)C(CC)[Si](C)(C)c1ccccc1. The molecule has 0 saturated carbocycles. The van der Waals surface area contributed by atoms with Crippen LogP contribution >= 0.6 is 0 Å². The van der Waals surface area contributed by atoms with Gasteiger partial charge in [-0.05, 0) is 13.3 Å². The van der Waals surface area contributed by atoms with Crippen molar-refractivity contribution < 1.29 is 4.79 Å². The molecule has 1 unspecified atom stereocenters. The van der Waals surface area contributed by atoms with Gasteiger partial charge in [0.15, 0.2) is 0 Å². The summed E-state index contributed by atoms with van der Waals surface area (Å²) < 4.78 is 0. The van der Waals surface area contributed by atoms with Gasteiger partial charge in [-0.1, -0.05) is 61.6 Å². The van der Waals surface area contributed by atoms with E-state index in [1.807, 2.05) is 44.3 Å². The van der Waals surface area contributed by atoms with Crippen LogP contribution in [0.15, 0.2) is 42.6 Å². The van der Waals surface area contributed by atoms with Gasteiger partial charge in [-0.3, -0.25) is 0 Å². The molecule has 1 aromatic carbocycles. The van der Waals surface area contributed by atoms with Crippen LogP contribution in [0.4, 0.5) is 4.79 Å². The number of hydrogen-bond donors (Lipinski definition) is 0. The minimum Gasteiger partial charge on any atom is -0.330 e. The van der Waals surface area contributed by atoms with Crippen molar-refractivity contribution in [2.75, 3.05) is 14.1 Å². The third-order valence-corrected chi connectivity index (χ3v) is 8.16. The van der Waals surface area contributed by atoms with E-state index in [-0.39, 0.29) is 11.7 Å². The molecule has 116 valence electrons. The number of carbonyl (C=O) groups is 1. The molecule has 1 aromatic rings. The Kier molecular flexibility index (Phi) is 6.21. The predicted octanol–water partition coefficient (Wildman–Crippen LogP) is 3.44. The predicted molar refractivity (Wildman–Crippen MR) is 93.4 cm³/mol. The van der Waals surface area contributed by atoms with Crippen molar-refractivity contribution in [3.63, 3.8) is 0 Å². The van der Waals surface area contributed by atoms with Gasteiger partial charge in [-0.15, -0.1) is 0 Å². The second-order valence-electron chi connectivity index (χ2n) is 6.08. The lowest BCUT2D eigenvalue weighted by Gasteiger charge is -2.40. The molecule has 0 spiro atoms. The van der Waals surface area contributed by atoms with Crippen LogP contribution in [0.2, 0.25) is 13.1 Å². The Labute approximate surface area is 130 Å². The fraction of sp³-hybridized carbons (Fsp3) is 0.471. The lowest BCUT2D eigenvalue weighted by Crippen LogP contribution is -2.60. The van der Waals surface area contributed by atoms with Gasteiger partial charge in [0.1, 0.15) is 8.07 Å². The zero-order valence-electron chi connectivity index (χ0n) is 14.1. The maximum absolute atomic E-state index is 12.5. The zero-order chi connectivity index (χ0) is 16.0. The van der Waals surface area contributed by atoms with Crippen molar-refractivity contribution >= 4 is 19.3 Å². The van der Waals surface area contributed by atoms with Crippen molar-refractivity contribution in [1.29, 1.82) is 0 Å². The Hall–Kier alpha value is -1.55. The minimum atomic E-state index is -1.79. The largest absolute Gasteiger partial charge is 0.330 e. The van der Waals surface area contributed by atoms with Gasteiger partial charge in [0, 0.05) is 26.0 Å². The van der Waals surface area contributed by atoms with E-state index in [1.54, 1.807) is 4.90 Å². The topological polar surface area (TPSA) is 23.6 Å². The molecule has 1 rings (SSSR count). The zero-order valence-corrected chi connectivity index (χ0v) is 15.1. The van der Waals surface area contributed by atoms with Crippen molar-refractivity contribution in [2.45, 2.75) is 39.0 Å². The second-order valence-corrected chi connectivity index (χ2v) is 10.8. The Morgan fingerprint density at radius 1 is 1.24 bits per heavy atom. The van der Waals surface area contributed by atoms with Crippen LogP contribution in [-0.4, -0.2) is 43.7 Å². The Balaban J connectivity index is 3.22. The van der Waals surface area contributed by atoms with Crippen molar-refractivity contribution in [3.8, 4) is 0 Å². The Bertz CT molecular complexity index is 483. The van der Waals surface area contributed by atoms with Crippen molar-refractivity contribution in [1.82, 2.24) is 9.80 Å². The number of benzene rings is 1. The number of rotatable bonds is 5. The molecule has 21 heavy (non-hydrogen) atoms. The van der Waals surface area contributed by atoms with E-state index in [0.29, 0.717) is 0 Å². The fourth-order valence-corrected chi connectivity index (χ4v) is 6.16. The maximum Gasteiger partial charge on any atom is 0.323 e. The molecule has 0 aromatic heterocycles. The van der Waals surface area contributed by atoms with Gasteiger partial charge < -0.3 is 9.80 Å². The monoisotopic (exact) mass is 304 g/mol. The summed E-state index contributed by atoms with van der Waals surface area (Å²) in [5, 5.41) is 1.39. The summed E-state index contributed by atoms with van der Waals surface area (Å²) in [6.07, 6.45) is 4.83. The number of urea groups is 1. The van der Waals surface area contributed by atoms with Crippen LogP contribution in [0, 0.1) is 0 Å². The number of carbonyl (C=O) groups excluding carboxylic acids is 1. The first-order valence-corrected chi connectivity index (χ1v) is 10.6. The van der Waals surface area contributed by atoms with E-state index in [4.69, 9.17) is 0 Å². The van der Waals surface area contributed by atoms with Gasteiger partial charge >= 0.3 is 6.03 Å². The summed E-state index contributed by atoms with van der Waals surface area (Å²) in [7, 11) is 1.83. The summed E-state index contributed by atoms with van der Waals surface area (Å²) in [6, 6.07) is 10.7. The molecule has 0 fully saturated rings. The molecule has 0 saturated heterocycles. The molecule has 3 nitrogen and oxygen atoms in total. The molecule has 0 aliphatic heterocycles.